The molecule has 1 nitrogen and oxygen atoms in total. The van der Waals surface area contributed by atoms with Crippen LogP contribution in [0.2, 0.25) is 0 Å². The molecule has 0 atom stereocenters. The Labute approximate surface area is 71.5 Å². The molecule has 0 fully saturated rings. The Balaban J connectivity index is 2.91. The molecule has 0 heterocycles. The molecule has 0 saturated carbocycles. The second kappa shape index (κ2) is 3.58. The lowest BCUT2D eigenvalue weighted by Crippen LogP contribution is -2.08. The summed E-state index contributed by atoms with van der Waals surface area (Å²) in [5.41, 5.74) is 2.77. The van der Waals surface area contributed by atoms with E-state index >= 15 is 0 Å². The molecule has 0 spiro atoms. The van der Waals surface area contributed by atoms with Crippen molar-refractivity contribution in [3.05, 3.63) is 29.8 Å². The molecule has 0 amide bonds. The largest absolute Gasteiger partial charge is 0.378 e. The van der Waals surface area contributed by atoms with Gasteiger partial charge in [-0.25, -0.2) is 0 Å². The van der Waals surface area contributed by atoms with Gasteiger partial charge in [0.1, 0.15) is 0 Å². The summed E-state index contributed by atoms with van der Waals surface area (Å²) in [7, 11) is 5.40. The van der Waals surface area contributed by atoms with E-state index in [1.807, 2.05) is 0 Å². The lowest BCUT2D eigenvalue weighted by atomic mass is 10.2. The summed E-state index contributed by atoms with van der Waals surface area (Å²) in [6, 6.07) is 9.97. The quantitative estimate of drug-likeness (QED) is 0.581. The lowest BCUT2D eigenvalue weighted by Gasteiger charge is -2.12. The van der Waals surface area contributed by atoms with Crippen LogP contribution < -0.4 is 4.90 Å². The van der Waals surface area contributed by atoms with Crippen LogP contribution in [-0.4, -0.2) is 24.3 Å². The first-order chi connectivity index (χ1) is 5.24. The molecule has 2 heteroatoms. The maximum absolute atomic E-state index is 2.26. The van der Waals surface area contributed by atoms with Crippen LogP contribution in [0.25, 0.3) is 0 Å². The maximum Gasteiger partial charge on any atom is 0.0363 e. The van der Waals surface area contributed by atoms with E-state index in [0.29, 0.717) is 0 Å². The number of hydrogen-bond donors (Lipinski definition) is 0. The average Bonchev–Trinajstić information content (AvgIpc) is 2.05. The van der Waals surface area contributed by atoms with Crippen LogP contribution in [-0.2, 0) is 6.04 Å². The Hall–Kier alpha value is -0.763. The summed E-state index contributed by atoms with van der Waals surface area (Å²) in [6.07, 6.45) is 0. The highest BCUT2D eigenvalue weighted by Gasteiger charge is 1.94. The first-order valence-corrected chi connectivity index (χ1v) is 5.41. The molecule has 0 unspecified atom stereocenters. The standard InChI is InChI=1S/C9H15NSi/c1-10(2)9-5-3-4-8(6-9)7-11/h3-6H,7H2,1-2,11H3. The summed E-state index contributed by atoms with van der Waals surface area (Å²) in [4.78, 5) is 2.14. The second-order valence-corrected chi connectivity index (χ2v) is 3.62. The van der Waals surface area contributed by atoms with Crippen molar-refractivity contribution in [2.24, 2.45) is 0 Å². The Bertz CT molecular complexity index is 233. The van der Waals surface area contributed by atoms with Crippen molar-refractivity contribution in [2.45, 2.75) is 6.04 Å². The fourth-order valence-corrected chi connectivity index (χ4v) is 1.49. The predicted molar refractivity (Wildman–Crippen MR) is 54.4 cm³/mol. The molecular formula is C9H15NSi. The highest BCUT2D eigenvalue weighted by molar-refractivity contribution is 6.08. The van der Waals surface area contributed by atoms with Gasteiger partial charge in [0, 0.05) is 30.0 Å². The number of benzene rings is 1. The molecule has 11 heavy (non-hydrogen) atoms. The van der Waals surface area contributed by atoms with Gasteiger partial charge in [-0.15, -0.1) is 0 Å². The molecule has 1 rings (SSSR count). The number of hydrogen-bond acceptors (Lipinski definition) is 1. The molecule has 0 aliphatic heterocycles. The first kappa shape index (κ1) is 8.33. The Morgan fingerprint density at radius 1 is 1.36 bits per heavy atom. The summed E-state index contributed by atoms with van der Waals surface area (Å²) in [5.74, 6) is 0. The molecule has 1 aromatic rings. The van der Waals surface area contributed by atoms with E-state index in [9.17, 15) is 0 Å². The second-order valence-electron chi connectivity index (χ2n) is 2.92. The van der Waals surface area contributed by atoms with Crippen molar-refractivity contribution in [2.75, 3.05) is 19.0 Å². The zero-order valence-electron chi connectivity index (χ0n) is 7.46. The predicted octanol–water partition coefficient (Wildman–Crippen LogP) is 0.618. The fraction of sp³-hybridized carbons (Fsp3) is 0.333. The molecule has 0 saturated heterocycles. The Morgan fingerprint density at radius 3 is 2.64 bits per heavy atom. The van der Waals surface area contributed by atoms with E-state index in [4.69, 9.17) is 0 Å². The lowest BCUT2D eigenvalue weighted by molar-refractivity contribution is 1.13. The third-order valence-corrected chi connectivity index (χ3v) is 2.65. The molecule has 1 aromatic carbocycles. The minimum absolute atomic E-state index is 1.25. The Morgan fingerprint density at radius 2 is 2.09 bits per heavy atom. The van der Waals surface area contributed by atoms with Crippen LogP contribution in [0.15, 0.2) is 24.3 Å². The molecule has 0 aliphatic rings. The van der Waals surface area contributed by atoms with E-state index in [1.165, 1.54) is 27.5 Å². The molecule has 0 N–H and O–H groups in total. The third kappa shape index (κ3) is 2.08. The zero-order chi connectivity index (χ0) is 8.27. The van der Waals surface area contributed by atoms with Gasteiger partial charge in [0.25, 0.3) is 0 Å². The summed E-state index contributed by atoms with van der Waals surface area (Å²) in [6.45, 7) is 0. The number of nitrogens with zero attached hydrogens (tertiary/aromatic N) is 1. The molecule has 0 aliphatic carbocycles. The smallest absolute Gasteiger partial charge is 0.0363 e. The Kier molecular flexibility index (Phi) is 2.71. The minimum Gasteiger partial charge on any atom is -0.378 e. The van der Waals surface area contributed by atoms with E-state index < -0.39 is 0 Å². The van der Waals surface area contributed by atoms with Crippen molar-refractivity contribution >= 4 is 15.9 Å². The first-order valence-electron chi connectivity index (χ1n) is 4.00. The SMILES string of the molecule is CN(C)c1cccc(C[SiH3])c1. The summed E-state index contributed by atoms with van der Waals surface area (Å²) < 4.78 is 0. The van der Waals surface area contributed by atoms with Gasteiger partial charge in [-0.1, -0.05) is 12.1 Å². The number of anilines is 1. The van der Waals surface area contributed by atoms with Gasteiger partial charge in [-0.05, 0) is 23.7 Å². The topological polar surface area (TPSA) is 3.24 Å². The van der Waals surface area contributed by atoms with E-state index in [1.54, 1.807) is 0 Å². The molecule has 0 radical (unpaired) electrons. The molecule has 0 bridgehead atoms. The highest BCUT2D eigenvalue weighted by Crippen LogP contribution is 2.12. The highest BCUT2D eigenvalue weighted by atomic mass is 28.1. The maximum atomic E-state index is 2.26. The normalized spacial score (nSPS) is 10.0. The van der Waals surface area contributed by atoms with Crippen molar-refractivity contribution in [3.8, 4) is 0 Å². The van der Waals surface area contributed by atoms with Crippen molar-refractivity contribution in [1.29, 1.82) is 0 Å². The van der Waals surface area contributed by atoms with Crippen LogP contribution >= 0.6 is 0 Å². The van der Waals surface area contributed by atoms with Gasteiger partial charge in [0.2, 0.25) is 0 Å². The molecular weight excluding hydrogens is 150 g/mol. The van der Waals surface area contributed by atoms with Crippen LogP contribution in [0.1, 0.15) is 5.56 Å². The van der Waals surface area contributed by atoms with Gasteiger partial charge in [0.05, 0.1) is 0 Å². The van der Waals surface area contributed by atoms with Crippen LogP contribution in [0.4, 0.5) is 5.69 Å². The van der Waals surface area contributed by atoms with Crippen molar-refractivity contribution in [1.82, 2.24) is 0 Å². The van der Waals surface area contributed by atoms with Gasteiger partial charge >= 0.3 is 0 Å². The van der Waals surface area contributed by atoms with E-state index in [-0.39, 0.29) is 0 Å². The van der Waals surface area contributed by atoms with Crippen LogP contribution in [0.3, 0.4) is 0 Å². The van der Waals surface area contributed by atoms with E-state index in [2.05, 4.69) is 43.3 Å². The van der Waals surface area contributed by atoms with Gasteiger partial charge < -0.3 is 4.90 Å². The monoisotopic (exact) mass is 165 g/mol. The average molecular weight is 165 g/mol. The summed E-state index contributed by atoms with van der Waals surface area (Å²) in [5, 5.41) is 0. The third-order valence-electron chi connectivity index (χ3n) is 1.84. The van der Waals surface area contributed by atoms with Gasteiger partial charge in [-0.2, -0.15) is 0 Å². The van der Waals surface area contributed by atoms with Gasteiger partial charge in [-0.3, -0.25) is 0 Å². The molecule has 60 valence electrons. The van der Waals surface area contributed by atoms with Crippen LogP contribution in [0, 0.1) is 0 Å². The van der Waals surface area contributed by atoms with Crippen molar-refractivity contribution in [3.63, 3.8) is 0 Å². The number of rotatable bonds is 2. The van der Waals surface area contributed by atoms with Crippen molar-refractivity contribution < 1.29 is 0 Å². The zero-order valence-corrected chi connectivity index (χ0v) is 9.46. The fourth-order valence-electron chi connectivity index (χ4n) is 1.05. The van der Waals surface area contributed by atoms with E-state index in [0.717, 1.165) is 0 Å². The van der Waals surface area contributed by atoms with Crippen LogP contribution in [0.5, 0.6) is 0 Å². The van der Waals surface area contributed by atoms with Gasteiger partial charge in [0.15, 0.2) is 0 Å². The minimum atomic E-state index is 1.25. The molecule has 0 aromatic heterocycles. The summed E-state index contributed by atoms with van der Waals surface area (Å²) >= 11 is 0.